The highest BCUT2D eigenvalue weighted by molar-refractivity contribution is 5.68. The number of ether oxygens (including phenoxy) is 1. The molecule has 4 heterocycles. The molecule has 0 saturated carbocycles. The fourth-order valence-corrected chi connectivity index (χ4v) is 5.89. The highest BCUT2D eigenvalue weighted by atomic mass is 19.4. The van der Waals surface area contributed by atoms with Crippen molar-refractivity contribution in [3.63, 3.8) is 0 Å². The van der Waals surface area contributed by atoms with E-state index < -0.39 is 24.5 Å². The molecule has 5 rings (SSSR count). The molecule has 0 N–H and O–H groups in total. The molecule has 1 amide bonds. The van der Waals surface area contributed by atoms with Gasteiger partial charge in [0.2, 0.25) is 0 Å². The average Bonchev–Trinajstić information content (AvgIpc) is 3.65. The zero-order valence-electron chi connectivity index (χ0n) is 21.5. The second-order valence-electron chi connectivity index (χ2n) is 10.6. The van der Waals surface area contributed by atoms with Crippen molar-refractivity contribution in [1.82, 2.24) is 19.6 Å². The van der Waals surface area contributed by atoms with Gasteiger partial charge in [0.1, 0.15) is 0 Å². The van der Waals surface area contributed by atoms with Gasteiger partial charge in [0.05, 0.1) is 5.69 Å². The smallest absolute Gasteiger partial charge is 0.426 e. The molecule has 3 aliphatic rings. The third-order valence-corrected chi connectivity index (χ3v) is 7.80. The number of rotatable bonds is 6. The SMILES string of the molecule is CCn1cc(CN2CC3CN(C(=O)OC(C(F)(F)F)C(F)(F)F)CC3C2)c(-c2ccc(N3CCCC3)cc2)n1. The van der Waals surface area contributed by atoms with Gasteiger partial charge in [-0.1, -0.05) is 12.1 Å². The number of aromatic nitrogens is 2. The summed E-state index contributed by atoms with van der Waals surface area (Å²) in [6.45, 7) is 6.69. The van der Waals surface area contributed by atoms with Gasteiger partial charge in [-0.3, -0.25) is 9.58 Å². The average molecular weight is 560 g/mol. The van der Waals surface area contributed by atoms with E-state index in [0.717, 1.165) is 34.8 Å². The zero-order valence-corrected chi connectivity index (χ0v) is 21.5. The summed E-state index contributed by atoms with van der Waals surface area (Å²) in [4.78, 5) is 17.7. The normalized spacial score (nSPS) is 22.3. The number of hydrogen-bond acceptors (Lipinski definition) is 5. The van der Waals surface area contributed by atoms with Gasteiger partial charge in [0.25, 0.3) is 6.10 Å². The van der Waals surface area contributed by atoms with Crippen molar-refractivity contribution in [2.24, 2.45) is 11.8 Å². The second-order valence-corrected chi connectivity index (χ2v) is 10.6. The molecule has 3 saturated heterocycles. The number of anilines is 1. The van der Waals surface area contributed by atoms with Gasteiger partial charge in [-0.2, -0.15) is 31.4 Å². The van der Waals surface area contributed by atoms with Gasteiger partial charge in [0, 0.05) is 75.4 Å². The lowest BCUT2D eigenvalue weighted by atomic mass is 10.0. The van der Waals surface area contributed by atoms with Gasteiger partial charge in [-0.15, -0.1) is 0 Å². The number of carbonyl (C=O) groups excluding carboxylic acids is 1. The van der Waals surface area contributed by atoms with E-state index in [2.05, 4.69) is 38.8 Å². The third kappa shape index (κ3) is 5.97. The topological polar surface area (TPSA) is 53.8 Å². The van der Waals surface area contributed by atoms with Crippen LogP contribution in [0.3, 0.4) is 0 Å². The van der Waals surface area contributed by atoms with Crippen molar-refractivity contribution in [3.8, 4) is 11.3 Å². The highest BCUT2D eigenvalue weighted by Gasteiger charge is 2.60. The number of halogens is 6. The van der Waals surface area contributed by atoms with Crippen LogP contribution >= 0.6 is 0 Å². The Morgan fingerprint density at radius 2 is 1.56 bits per heavy atom. The van der Waals surface area contributed by atoms with Gasteiger partial charge in [-0.05, 0) is 43.7 Å². The van der Waals surface area contributed by atoms with E-state index in [1.54, 1.807) is 0 Å². The summed E-state index contributed by atoms with van der Waals surface area (Å²) in [6.07, 6.45) is -12.8. The van der Waals surface area contributed by atoms with E-state index in [1.807, 2.05) is 17.8 Å². The summed E-state index contributed by atoms with van der Waals surface area (Å²) >= 11 is 0. The van der Waals surface area contributed by atoms with Crippen molar-refractivity contribution in [2.45, 2.75) is 51.3 Å². The molecule has 2 atom stereocenters. The minimum atomic E-state index is -5.73. The molecular weight excluding hydrogens is 528 g/mol. The summed E-state index contributed by atoms with van der Waals surface area (Å²) in [6, 6.07) is 8.39. The lowest BCUT2D eigenvalue weighted by Gasteiger charge is -2.26. The van der Waals surface area contributed by atoms with Crippen LogP contribution in [0.25, 0.3) is 11.3 Å². The maximum atomic E-state index is 12.8. The molecule has 214 valence electrons. The van der Waals surface area contributed by atoms with Crippen molar-refractivity contribution >= 4 is 11.8 Å². The van der Waals surface area contributed by atoms with Crippen LogP contribution in [0.1, 0.15) is 25.3 Å². The summed E-state index contributed by atoms with van der Waals surface area (Å²) in [5.74, 6) is -0.116. The maximum Gasteiger partial charge on any atom is 0.434 e. The van der Waals surface area contributed by atoms with Gasteiger partial charge in [0.15, 0.2) is 0 Å². The first kappa shape index (κ1) is 27.6. The number of hydrogen-bond donors (Lipinski definition) is 0. The van der Waals surface area contributed by atoms with E-state index in [4.69, 9.17) is 5.10 Å². The summed E-state index contributed by atoms with van der Waals surface area (Å²) in [7, 11) is 0. The molecule has 2 aromatic rings. The lowest BCUT2D eigenvalue weighted by Crippen LogP contribution is -2.48. The Morgan fingerprint density at radius 1 is 0.974 bits per heavy atom. The van der Waals surface area contributed by atoms with Crippen LogP contribution in [0.4, 0.5) is 36.8 Å². The number of amides is 1. The van der Waals surface area contributed by atoms with Crippen LogP contribution < -0.4 is 4.90 Å². The Labute approximate surface area is 222 Å². The highest BCUT2D eigenvalue weighted by Crippen LogP contribution is 2.38. The van der Waals surface area contributed by atoms with Crippen LogP contribution in [-0.2, 0) is 17.8 Å². The number of benzene rings is 1. The first-order chi connectivity index (χ1) is 18.4. The maximum absolute atomic E-state index is 12.8. The molecule has 39 heavy (non-hydrogen) atoms. The molecule has 0 spiro atoms. The van der Waals surface area contributed by atoms with Gasteiger partial charge >= 0.3 is 18.4 Å². The van der Waals surface area contributed by atoms with Gasteiger partial charge < -0.3 is 14.5 Å². The van der Waals surface area contributed by atoms with E-state index in [0.29, 0.717) is 26.2 Å². The van der Waals surface area contributed by atoms with E-state index >= 15 is 0 Å². The largest absolute Gasteiger partial charge is 0.434 e. The van der Waals surface area contributed by atoms with E-state index in [9.17, 15) is 31.1 Å². The minimum Gasteiger partial charge on any atom is -0.426 e. The van der Waals surface area contributed by atoms with Crippen LogP contribution in [0.5, 0.6) is 0 Å². The number of fused-ring (bicyclic) bond motifs is 1. The Bertz CT molecular complexity index is 1130. The summed E-state index contributed by atoms with van der Waals surface area (Å²) in [5, 5.41) is 4.77. The molecule has 1 aromatic heterocycles. The first-order valence-corrected chi connectivity index (χ1v) is 13.2. The monoisotopic (exact) mass is 559 g/mol. The molecule has 3 aliphatic heterocycles. The van der Waals surface area contributed by atoms with Crippen molar-refractivity contribution in [1.29, 1.82) is 0 Å². The minimum absolute atomic E-state index is 0.0570. The molecule has 13 heteroatoms. The van der Waals surface area contributed by atoms with Crippen molar-refractivity contribution < 1.29 is 35.9 Å². The Morgan fingerprint density at radius 3 is 2.10 bits per heavy atom. The van der Waals surface area contributed by atoms with Gasteiger partial charge in [-0.25, -0.2) is 4.79 Å². The third-order valence-electron chi connectivity index (χ3n) is 7.80. The number of aryl methyl sites for hydroxylation is 1. The lowest BCUT2D eigenvalue weighted by molar-refractivity contribution is -0.308. The second kappa shape index (κ2) is 10.5. The zero-order chi connectivity index (χ0) is 27.9. The Kier molecular flexibility index (Phi) is 7.47. The first-order valence-electron chi connectivity index (χ1n) is 13.2. The fourth-order valence-electron chi connectivity index (χ4n) is 5.89. The van der Waals surface area contributed by atoms with Crippen LogP contribution in [0.2, 0.25) is 0 Å². The molecule has 0 bridgehead atoms. The van der Waals surface area contributed by atoms with E-state index in [-0.39, 0.29) is 24.9 Å². The molecule has 0 radical (unpaired) electrons. The van der Waals surface area contributed by atoms with Crippen LogP contribution in [-0.4, -0.2) is 83.4 Å². The molecule has 0 aliphatic carbocycles. The predicted octanol–water partition coefficient (Wildman–Crippen LogP) is 5.16. The number of nitrogens with zero attached hydrogens (tertiary/aromatic N) is 5. The van der Waals surface area contributed by atoms with Crippen LogP contribution in [0, 0.1) is 11.8 Å². The standard InChI is InChI=1S/C26H31F6N5O2/c1-2-37-16-20(22(33-37)17-5-7-21(8-6-17)35-9-3-4-10-35)13-34-11-18-14-36(15-19(18)12-34)24(38)39-23(25(27,28)29)26(30,31)32/h5-8,16,18-19,23H,2-4,9-15H2,1H3. The number of likely N-dealkylation sites (tertiary alicyclic amines) is 2. The Balaban J connectivity index is 1.21. The molecule has 7 nitrogen and oxygen atoms in total. The van der Waals surface area contributed by atoms with Crippen LogP contribution in [0.15, 0.2) is 30.5 Å². The van der Waals surface area contributed by atoms with E-state index in [1.165, 1.54) is 18.5 Å². The summed E-state index contributed by atoms with van der Waals surface area (Å²) < 4.78 is 82.5. The molecule has 1 aromatic carbocycles. The molecular formula is C26H31F6N5O2. The van der Waals surface area contributed by atoms with Crippen molar-refractivity contribution in [2.75, 3.05) is 44.2 Å². The predicted molar refractivity (Wildman–Crippen MR) is 131 cm³/mol. The number of carbonyl (C=O) groups is 1. The van der Waals surface area contributed by atoms with Crippen molar-refractivity contribution in [3.05, 3.63) is 36.0 Å². The Hall–Kier alpha value is -2.96. The number of alkyl halides is 6. The molecule has 2 unspecified atom stereocenters. The summed E-state index contributed by atoms with van der Waals surface area (Å²) in [5.41, 5.74) is 4.13. The fraction of sp³-hybridized carbons (Fsp3) is 0.615. The quantitative estimate of drug-likeness (QED) is 0.458. The molecule has 3 fully saturated rings.